The van der Waals surface area contributed by atoms with Gasteiger partial charge in [-0.3, -0.25) is 0 Å². The molecule has 0 aromatic carbocycles. The lowest BCUT2D eigenvalue weighted by Gasteiger charge is -2.24. The monoisotopic (exact) mass is 524 g/mol. The third-order valence-corrected chi connectivity index (χ3v) is 5.81. The molecule has 0 aliphatic rings. The maximum Gasteiger partial charge on any atom is 0.432 e. The van der Waals surface area contributed by atoms with Crippen LogP contribution in [0, 0.1) is 0 Å². The average molecular weight is 523 g/mol. The first-order valence-corrected chi connectivity index (χ1v) is 12.1. The normalized spacial score (nSPS) is 12.3. The molecule has 2 rings (SSSR count). The van der Waals surface area contributed by atoms with Crippen molar-refractivity contribution in [3.05, 3.63) is 33.9 Å². The predicted octanol–water partition coefficient (Wildman–Crippen LogP) is 3.11. The Bertz CT molecular complexity index is 1120. The first kappa shape index (κ1) is 34.3. The number of hydrogen-bond acceptors (Lipinski definition) is 2. The zero-order valence-corrected chi connectivity index (χ0v) is 22.9. The van der Waals surface area contributed by atoms with Crippen LogP contribution in [0.15, 0.2) is 0 Å². The summed E-state index contributed by atoms with van der Waals surface area (Å²) >= 11 is 0. The van der Waals surface area contributed by atoms with Gasteiger partial charge in [-0.15, -0.1) is 0 Å². The number of rotatable bonds is 6. The van der Waals surface area contributed by atoms with Crippen molar-refractivity contribution in [2.24, 2.45) is 0 Å². The van der Waals surface area contributed by atoms with Crippen molar-refractivity contribution >= 4 is 67.4 Å². The second kappa shape index (κ2) is 13.1. The van der Waals surface area contributed by atoms with Gasteiger partial charge in [-0.25, -0.2) is 9.97 Å². The van der Waals surface area contributed by atoms with Crippen molar-refractivity contribution in [1.82, 2.24) is 9.97 Å². The van der Waals surface area contributed by atoms with Crippen LogP contribution in [0.25, 0.3) is 0 Å². The van der Waals surface area contributed by atoms with Crippen LogP contribution in [0.1, 0.15) is 113 Å². The Kier molecular flexibility index (Phi) is 11.8. The highest BCUT2D eigenvalue weighted by molar-refractivity contribution is 6.99. The van der Waals surface area contributed by atoms with Crippen molar-refractivity contribution in [3.63, 3.8) is 0 Å². The zero-order valence-electron chi connectivity index (χ0n) is 22.9. The highest BCUT2D eigenvalue weighted by Crippen LogP contribution is 2.31. The van der Waals surface area contributed by atoms with Crippen LogP contribution in [-0.2, 0) is 12.4 Å². The Labute approximate surface area is 229 Å². The van der Waals surface area contributed by atoms with Gasteiger partial charge in [-0.2, -0.15) is 26.3 Å². The fourth-order valence-corrected chi connectivity index (χ4v) is 4.18. The quantitative estimate of drug-likeness (QED) is 0.430. The van der Waals surface area contributed by atoms with Gasteiger partial charge in [-0.1, -0.05) is 82.8 Å². The van der Waals surface area contributed by atoms with E-state index in [0.717, 1.165) is 14.3 Å². The maximum absolute atomic E-state index is 13.1. The SMILES string of the molecule is [B][B]c1c(C(F)(F)F)nc(C(C)C)c(C(C)C)c1[B].[B][B]c1c(C(F)(F)F)nc(C(C)C)c([B])c1C(C)C. The molecule has 0 amide bonds. The van der Waals surface area contributed by atoms with Crippen LogP contribution in [-0.4, -0.2) is 55.5 Å². The molecular formula is C24H28B6F6N2. The van der Waals surface area contributed by atoms with Gasteiger partial charge in [0.05, 0.1) is 14.3 Å². The molecule has 2 aromatic rings. The van der Waals surface area contributed by atoms with E-state index in [2.05, 4.69) is 9.97 Å². The smallest absolute Gasteiger partial charge is 0.249 e. The van der Waals surface area contributed by atoms with E-state index in [9.17, 15) is 26.3 Å². The van der Waals surface area contributed by atoms with Gasteiger partial charge >= 0.3 is 12.4 Å². The molecule has 0 aliphatic heterocycles. The van der Waals surface area contributed by atoms with Crippen LogP contribution in [0.5, 0.6) is 0 Å². The molecule has 2 aromatic heterocycles. The van der Waals surface area contributed by atoms with E-state index in [1.165, 1.54) is 0 Å². The van der Waals surface area contributed by atoms with Crippen molar-refractivity contribution in [1.29, 1.82) is 0 Å². The molecule has 0 unspecified atom stereocenters. The number of pyridine rings is 2. The Hall–Kier alpha value is -1.73. The van der Waals surface area contributed by atoms with Crippen molar-refractivity contribution in [3.8, 4) is 0 Å². The fraction of sp³-hybridized carbons (Fsp3) is 0.583. The van der Waals surface area contributed by atoms with Gasteiger partial charge in [0.1, 0.15) is 27.1 Å². The summed E-state index contributed by atoms with van der Waals surface area (Å²) in [7, 11) is 24.3. The fourth-order valence-electron chi connectivity index (χ4n) is 4.18. The molecule has 0 aliphatic carbocycles. The average Bonchev–Trinajstić information content (AvgIpc) is 2.75. The van der Waals surface area contributed by atoms with E-state index in [0.29, 0.717) is 22.3 Å². The van der Waals surface area contributed by atoms with Gasteiger partial charge in [0.15, 0.2) is 0 Å². The Morgan fingerprint density at radius 2 is 0.921 bits per heavy atom. The van der Waals surface area contributed by atoms with E-state index in [-0.39, 0.29) is 45.8 Å². The first-order chi connectivity index (χ1) is 17.2. The van der Waals surface area contributed by atoms with Crippen molar-refractivity contribution in [2.75, 3.05) is 0 Å². The second-order valence-corrected chi connectivity index (χ2v) is 10.1. The molecule has 2 nitrogen and oxygen atoms in total. The minimum absolute atomic E-state index is 0.0223. The molecule has 38 heavy (non-hydrogen) atoms. The van der Waals surface area contributed by atoms with Gasteiger partial charge in [0.25, 0.3) is 0 Å². The van der Waals surface area contributed by atoms with E-state index < -0.39 is 23.7 Å². The summed E-state index contributed by atoms with van der Waals surface area (Å²) in [5, 5.41) is 0. The number of alkyl halides is 6. The maximum atomic E-state index is 13.1. The third-order valence-electron chi connectivity index (χ3n) is 5.81. The van der Waals surface area contributed by atoms with E-state index in [4.69, 9.17) is 31.2 Å². The largest absolute Gasteiger partial charge is 0.432 e. The standard InChI is InChI=1S/2C12H14B3F3N/c1-5(2)7-8(13)9(15-14)11(12(16,17)18)19-10(7)6(3)4;1-5(2)7-8(13)10(6(3)4)19-11(9(7)15-14)12(16,17)18/h2*5-6H,1-4H3. The summed E-state index contributed by atoms with van der Waals surface area (Å²) in [6, 6.07) is 0. The zero-order chi connectivity index (χ0) is 29.9. The number of halogens is 6. The Balaban J connectivity index is 0.000000380. The molecule has 10 radical (unpaired) electrons. The number of hydrogen-bond donors (Lipinski definition) is 0. The Morgan fingerprint density at radius 3 is 1.24 bits per heavy atom. The van der Waals surface area contributed by atoms with Crippen LogP contribution < -0.4 is 21.9 Å². The topological polar surface area (TPSA) is 25.8 Å². The van der Waals surface area contributed by atoms with Crippen LogP contribution in [0.4, 0.5) is 26.3 Å². The first-order valence-electron chi connectivity index (χ1n) is 12.1. The van der Waals surface area contributed by atoms with Crippen molar-refractivity contribution in [2.45, 2.75) is 91.4 Å². The molecule has 0 fully saturated rings. The molecule has 2 heterocycles. The summed E-state index contributed by atoms with van der Waals surface area (Å²) < 4.78 is 78.2. The molecule has 0 bridgehead atoms. The molecule has 0 N–H and O–H groups in total. The molecule has 194 valence electrons. The van der Waals surface area contributed by atoms with E-state index >= 15 is 0 Å². The molecule has 0 saturated heterocycles. The lowest BCUT2D eigenvalue weighted by Crippen LogP contribution is -2.43. The molecule has 14 heteroatoms. The second-order valence-electron chi connectivity index (χ2n) is 10.1. The van der Waals surface area contributed by atoms with Crippen molar-refractivity contribution < 1.29 is 26.3 Å². The third kappa shape index (κ3) is 7.68. The van der Waals surface area contributed by atoms with Crippen LogP contribution in [0.3, 0.4) is 0 Å². The summed E-state index contributed by atoms with van der Waals surface area (Å²) in [5.74, 6) is -0.527. The summed E-state index contributed by atoms with van der Waals surface area (Å²) in [4.78, 5) is 7.48. The highest BCUT2D eigenvalue weighted by atomic mass is 19.4. The van der Waals surface area contributed by atoms with Crippen LogP contribution in [0.2, 0.25) is 0 Å². The lowest BCUT2D eigenvalue weighted by atomic mass is 9.47. The van der Waals surface area contributed by atoms with Gasteiger partial charge in [0.2, 0.25) is 0 Å². The molecule has 0 spiro atoms. The van der Waals surface area contributed by atoms with Gasteiger partial charge in [0, 0.05) is 26.9 Å². The predicted molar refractivity (Wildman–Crippen MR) is 148 cm³/mol. The highest BCUT2D eigenvalue weighted by Gasteiger charge is 2.38. The van der Waals surface area contributed by atoms with Crippen LogP contribution >= 0.6 is 0 Å². The minimum Gasteiger partial charge on any atom is -0.249 e. The van der Waals surface area contributed by atoms with Gasteiger partial charge < -0.3 is 0 Å². The van der Waals surface area contributed by atoms with E-state index in [1.54, 1.807) is 41.5 Å². The lowest BCUT2D eigenvalue weighted by molar-refractivity contribution is -0.141. The number of aromatic nitrogens is 2. The molecular weight excluding hydrogens is 495 g/mol. The summed E-state index contributed by atoms with van der Waals surface area (Å²) in [6.45, 7) is 14.4. The molecule has 0 atom stereocenters. The molecule has 0 saturated carbocycles. The summed E-state index contributed by atoms with van der Waals surface area (Å²) in [5.41, 5.74) is -0.263. The Morgan fingerprint density at radius 1 is 0.553 bits per heavy atom. The summed E-state index contributed by atoms with van der Waals surface area (Å²) in [6.07, 6.45) is -9.12. The van der Waals surface area contributed by atoms with Gasteiger partial charge in [-0.05, 0) is 29.2 Å². The minimum atomic E-state index is -4.57. The van der Waals surface area contributed by atoms with E-state index in [1.807, 2.05) is 13.8 Å². The number of nitrogens with zero attached hydrogens (tertiary/aromatic N) is 2.